The molecule has 1 aromatic carbocycles. The molecular formula is C14H11FN2OS. The van der Waals surface area contributed by atoms with Crippen LogP contribution in [-0.2, 0) is 4.79 Å². The number of hydrazone groups is 1. The highest BCUT2D eigenvalue weighted by molar-refractivity contribution is 7.12. The van der Waals surface area contributed by atoms with E-state index in [0.717, 1.165) is 10.6 Å². The first-order chi connectivity index (χ1) is 9.24. The Hall–Kier alpha value is -2.01. The molecule has 3 nitrogen and oxygen atoms in total. The van der Waals surface area contributed by atoms with Crippen LogP contribution in [0.15, 0.2) is 46.9 Å². The lowest BCUT2D eigenvalue weighted by atomic mass is 10.1. The minimum atomic E-state index is -0.323. The Labute approximate surface area is 114 Å². The minimum Gasteiger partial charge on any atom is -0.273 e. The van der Waals surface area contributed by atoms with Gasteiger partial charge in [0, 0.05) is 12.8 Å². The molecule has 0 radical (unpaired) electrons. The highest BCUT2D eigenvalue weighted by Gasteiger charge is 2.23. The molecule has 1 aliphatic heterocycles. The second kappa shape index (κ2) is 4.93. The van der Waals surface area contributed by atoms with E-state index in [1.165, 1.54) is 17.1 Å². The molecule has 0 spiro atoms. The van der Waals surface area contributed by atoms with Crippen LogP contribution in [0.3, 0.4) is 0 Å². The Balaban J connectivity index is 1.97. The largest absolute Gasteiger partial charge is 0.273 e. The van der Waals surface area contributed by atoms with Crippen molar-refractivity contribution in [2.75, 3.05) is 5.01 Å². The van der Waals surface area contributed by atoms with Crippen molar-refractivity contribution in [1.29, 1.82) is 0 Å². The number of carbonyl (C=O) groups is 1. The van der Waals surface area contributed by atoms with Crippen LogP contribution in [0.5, 0.6) is 0 Å². The van der Waals surface area contributed by atoms with Crippen LogP contribution in [0.2, 0.25) is 0 Å². The van der Waals surface area contributed by atoms with Crippen LogP contribution in [0, 0.1) is 5.82 Å². The normalized spacial score (nSPS) is 15.5. The maximum Gasteiger partial charge on any atom is 0.247 e. The van der Waals surface area contributed by atoms with E-state index in [2.05, 4.69) is 5.10 Å². The van der Waals surface area contributed by atoms with Gasteiger partial charge in [-0.25, -0.2) is 9.40 Å². The Morgan fingerprint density at radius 1 is 1.16 bits per heavy atom. The molecule has 0 unspecified atom stereocenters. The number of halogens is 1. The molecule has 2 heterocycles. The van der Waals surface area contributed by atoms with Gasteiger partial charge in [-0.05, 0) is 35.7 Å². The average Bonchev–Trinajstić information content (AvgIpc) is 2.94. The first-order valence-electron chi connectivity index (χ1n) is 5.94. The number of anilines is 1. The van der Waals surface area contributed by atoms with Crippen LogP contribution in [0.4, 0.5) is 10.1 Å². The molecule has 1 aromatic heterocycles. The smallest absolute Gasteiger partial charge is 0.247 e. The number of rotatable bonds is 2. The molecule has 0 bridgehead atoms. The van der Waals surface area contributed by atoms with Crippen molar-refractivity contribution in [3.63, 3.8) is 0 Å². The summed E-state index contributed by atoms with van der Waals surface area (Å²) in [7, 11) is 0. The summed E-state index contributed by atoms with van der Waals surface area (Å²) in [6, 6.07) is 9.74. The van der Waals surface area contributed by atoms with E-state index in [0.29, 0.717) is 18.5 Å². The second-order valence-electron chi connectivity index (χ2n) is 4.21. The van der Waals surface area contributed by atoms with Crippen LogP contribution >= 0.6 is 11.3 Å². The van der Waals surface area contributed by atoms with E-state index in [1.807, 2.05) is 17.5 Å². The lowest BCUT2D eigenvalue weighted by molar-refractivity contribution is -0.118. The maximum atomic E-state index is 12.9. The molecule has 19 heavy (non-hydrogen) atoms. The molecule has 5 heteroatoms. The van der Waals surface area contributed by atoms with Gasteiger partial charge >= 0.3 is 0 Å². The fraction of sp³-hybridized carbons (Fsp3) is 0.143. The summed E-state index contributed by atoms with van der Waals surface area (Å²) in [4.78, 5) is 13.0. The summed E-state index contributed by atoms with van der Waals surface area (Å²) in [5.74, 6) is -0.386. The van der Waals surface area contributed by atoms with E-state index in [9.17, 15) is 9.18 Å². The SMILES string of the molecule is O=C1CCC(c2cccs2)=NN1c1ccc(F)cc1. The summed E-state index contributed by atoms with van der Waals surface area (Å²) in [6.07, 6.45) is 1.07. The van der Waals surface area contributed by atoms with E-state index in [1.54, 1.807) is 23.5 Å². The lowest BCUT2D eigenvalue weighted by Gasteiger charge is -2.23. The topological polar surface area (TPSA) is 32.7 Å². The number of thiophene rings is 1. The third-order valence-electron chi connectivity index (χ3n) is 2.91. The van der Waals surface area contributed by atoms with Gasteiger partial charge in [0.25, 0.3) is 0 Å². The van der Waals surface area contributed by atoms with Crippen LogP contribution < -0.4 is 5.01 Å². The van der Waals surface area contributed by atoms with Gasteiger partial charge in [0.05, 0.1) is 16.3 Å². The number of hydrogen-bond acceptors (Lipinski definition) is 3. The van der Waals surface area contributed by atoms with Crippen LogP contribution in [-0.4, -0.2) is 11.6 Å². The Bertz CT molecular complexity index is 619. The number of nitrogens with zero attached hydrogens (tertiary/aromatic N) is 2. The quantitative estimate of drug-likeness (QED) is 0.826. The highest BCUT2D eigenvalue weighted by Crippen LogP contribution is 2.24. The molecule has 0 atom stereocenters. The summed E-state index contributed by atoms with van der Waals surface area (Å²) in [5.41, 5.74) is 1.50. The van der Waals surface area contributed by atoms with E-state index < -0.39 is 0 Å². The van der Waals surface area contributed by atoms with Crippen molar-refractivity contribution >= 4 is 28.6 Å². The van der Waals surface area contributed by atoms with Gasteiger partial charge in [-0.2, -0.15) is 5.10 Å². The van der Waals surface area contributed by atoms with Crippen LogP contribution in [0.1, 0.15) is 17.7 Å². The predicted molar refractivity (Wildman–Crippen MR) is 74.0 cm³/mol. The summed E-state index contributed by atoms with van der Waals surface area (Å²) < 4.78 is 12.9. The predicted octanol–water partition coefficient (Wildman–Crippen LogP) is 3.42. The van der Waals surface area contributed by atoms with Crippen LogP contribution in [0.25, 0.3) is 0 Å². The number of amides is 1. The number of benzene rings is 1. The minimum absolute atomic E-state index is 0.0630. The fourth-order valence-electron chi connectivity index (χ4n) is 1.96. The van der Waals surface area contributed by atoms with Gasteiger partial charge in [0.2, 0.25) is 5.91 Å². The van der Waals surface area contributed by atoms with E-state index in [-0.39, 0.29) is 11.7 Å². The molecule has 0 aliphatic carbocycles. The molecule has 96 valence electrons. The zero-order valence-electron chi connectivity index (χ0n) is 10.0. The van der Waals surface area contributed by atoms with Crippen molar-refractivity contribution in [3.05, 3.63) is 52.5 Å². The van der Waals surface area contributed by atoms with Crippen molar-refractivity contribution in [3.8, 4) is 0 Å². The Morgan fingerprint density at radius 2 is 1.95 bits per heavy atom. The van der Waals surface area contributed by atoms with Gasteiger partial charge < -0.3 is 0 Å². The van der Waals surface area contributed by atoms with Gasteiger partial charge in [-0.1, -0.05) is 6.07 Å². The molecule has 0 fully saturated rings. The lowest BCUT2D eigenvalue weighted by Crippen LogP contribution is -2.31. The van der Waals surface area contributed by atoms with Crippen molar-refractivity contribution in [1.82, 2.24) is 0 Å². The van der Waals surface area contributed by atoms with Crippen molar-refractivity contribution in [2.24, 2.45) is 5.10 Å². The van der Waals surface area contributed by atoms with Crippen molar-refractivity contribution in [2.45, 2.75) is 12.8 Å². The zero-order valence-corrected chi connectivity index (χ0v) is 10.9. The first kappa shape index (κ1) is 12.0. The van der Waals surface area contributed by atoms with Gasteiger partial charge in [-0.3, -0.25) is 4.79 Å². The monoisotopic (exact) mass is 274 g/mol. The van der Waals surface area contributed by atoms with E-state index in [4.69, 9.17) is 0 Å². The molecule has 1 amide bonds. The summed E-state index contributed by atoms with van der Waals surface area (Å²) in [6.45, 7) is 0. The average molecular weight is 274 g/mol. The standard InChI is InChI=1S/C14H11FN2OS/c15-10-3-5-11(6-4-10)17-14(18)8-7-12(16-17)13-2-1-9-19-13/h1-6,9H,7-8H2. The molecule has 0 saturated heterocycles. The fourth-order valence-corrected chi connectivity index (χ4v) is 2.70. The van der Waals surface area contributed by atoms with Crippen molar-refractivity contribution < 1.29 is 9.18 Å². The number of hydrogen-bond donors (Lipinski definition) is 0. The Morgan fingerprint density at radius 3 is 2.63 bits per heavy atom. The molecule has 3 rings (SSSR count). The van der Waals surface area contributed by atoms with Gasteiger partial charge in [0.15, 0.2) is 0 Å². The Kier molecular flexibility index (Phi) is 3.13. The summed E-state index contributed by atoms with van der Waals surface area (Å²) >= 11 is 1.60. The first-order valence-corrected chi connectivity index (χ1v) is 6.82. The molecule has 2 aromatic rings. The molecule has 1 aliphatic rings. The maximum absolute atomic E-state index is 12.9. The van der Waals surface area contributed by atoms with E-state index >= 15 is 0 Å². The highest BCUT2D eigenvalue weighted by atomic mass is 32.1. The molecule has 0 saturated carbocycles. The van der Waals surface area contributed by atoms with Gasteiger partial charge in [-0.15, -0.1) is 11.3 Å². The second-order valence-corrected chi connectivity index (χ2v) is 5.15. The number of carbonyl (C=O) groups excluding carboxylic acids is 1. The third-order valence-corrected chi connectivity index (χ3v) is 3.83. The van der Waals surface area contributed by atoms with Gasteiger partial charge in [0.1, 0.15) is 5.82 Å². The molecule has 0 N–H and O–H groups in total. The molecular weight excluding hydrogens is 263 g/mol. The summed E-state index contributed by atoms with van der Waals surface area (Å²) in [5, 5.41) is 7.74. The third kappa shape index (κ3) is 2.42. The zero-order chi connectivity index (χ0) is 13.2.